The maximum atomic E-state index is 12.4. The lowest BCUT2D eigenvalue weighted by Gasteiger charge is -2.13. The van der Waals surface area contributed by atoms with Gasteiger partial charge in [-0.15, -0.1) is 0 Å². The summed E-state index contributed by atoms with van der Waals surface area (Å²) >= 11 is 0. The van der Waals surface area contributed by atoms with Gasteiger partial charge >= 0.3 is 5.97 Å². The van der Waals surface area contributed by atoms with Crippen molar-refractivity contribution in [2.75, 3.05) is 0 Å². The predicted octanol–water partition coefficient (Wildman–Crippen LogP) is 1.24. The average Bonchev–Trinajstić information content (AvgIpc) is 2.95. The van der Waals surface area contributed by atoms with Gasteiger partial charge in [-0.3, -0.25) is 9.59 Å². The number of fused-ring (bicyclic) bond motifs is 1. The summed E-state index contributed by atoms with van der Waals surface area (Å²) < 4.78 is 1.56. The Bertz CT molecular complexity index is 793. The van der Waals surface area contributed by atoms with Crippen molar-refractivity contribution < 1.29 is 15.0 Å². The van der Waals surface area contributed by atoms with Crippen molar-refractivity contribution in [3.63, 3.8) is 0 Å². The highest BCUT2D eigenvalue weighted by atomic mass is 16.4. The van der Waals surface area contributed by atoms with Crippen LogP contribution in [0.3, 0.4) is 0 Å². The lowest BCUT2D eigenvalue weighted by molar-refractivity contribution is -0.136. The molecule has 2 aromatic heterocycles. The van der Waals surface area contributed by atoms with E-state index in [2.05, 4.69) is 10.1 Å². The highest BCUT2D eigenvalue weighted by Gasteiger charge is 2.17. The summed E-state index contributed by atoms with van der Waals surface area (Å²) in [4.78, 5) is 27.0. The molecule has 0 aliphatic heterocycles. The van der Waals surface area contributed by atoms with Crippen LogP contribution < -0.4 is 10.6 Å². The normalized spacial score (nSPS) is 12.9. The van der Waals surface area contributed by atoms with E-state index < -0.39 is 5.97 Å². The summed E-state index contributed by atoms with van der Waals surface area (Å²) in [6.45, 7) is 4.07. The molecule has 118 valence electrons. The standard InChI is InChI=1S/C15H19N3O4/c1-3-9(4-2)10-7-12(20)14(11(19)5-6-13(21)22)15-16-8-17-18(10)15/h7-9,19H,3-6H2,1-2H3,(H,21,22). The number of aliphatic carboxylic acids is 1. The zero-order valence-corrected chi connectivity index (χ0v) is 12.6. The maximum Gasteiger partial charge on any atom is 0.303 e. The largest absolute Gasteiger partial charge is 0.511 e. The molecule has 0 saturated heterocycles. The van der Waals surface area contributed by atoms with Crippen molar-refractivity contribution in [1.29, 1.82) is 0 Å². The molecule has 0 saturated carbocycles. The predicted molar refractivity (Wildman–Crippen MR) is 80.7 cm³/mol. The molecule has 2 heterocycles. The van der Waals surface area contributed by atoms with Crippen molar-refractivity contribution in [2.45, 2.75) is 45.4 Å². The molecule has 0 bridgehead atoms. The van der Waals surface area contributed by atoms with Gasteiger partial charge in [0, 0.05) is 18.4 Å². The molecule has 7 heteroatoms. The number of aliphatic hydroxyl groups is 1. The Morgan fingerprint density at radius 2 is 1.95 bits per heavy atom. The summed E-state index contributed by atoms with van der Waals surface area (Å²) in [5.41, 5.74) is 0.680. The summed E-state index contributed by atoms with van der Waals surface area (Å²) in [6.07, 6.45) is 2.68. The summed E-state index contributed by atoms with van der Waals surface area (Å²) in [5, 5.41) is 23.0. The summed E-state index contributed by atoms with van der Waals surface area (Å²) in [5.74, 6) is -1.13. The van der Waals surface area contributed by atoms with Crippen LogP contribution in [0.25, 0.3) is 11.4 Å². The number of aliphatic hydroxyl groups excluding tert-OH is 1. The number of nitrogens with zero attached hydrogens (tertiary/aromatic N) is 3. The van der Waals surface area contributed by atoms with Crippen molar-refractivity contribution in [1.82, 2.24) is 14.6 Å². The fourth-order valence-electron chi connectivity index (χ4n) is 2.60. The molecule has 22 heavy (non-hydrogen) atoms. The number of carbonyl (C=O) groups is 1. The van der Waals surface area contributed by atoms with Gasteiger partial charge in [0.05, 0.1) is 12.1 Å². The fraction of sp³-hybridized carbons (Fsp3) is 0.467. The van der Waals surface area contributed by atoms with Gasteiger partial charge in [-0.2, -0.15) is 5.10 Å². The molecule has 0 fully saturated rings. The van der Waals surface area contributed by atoms with Crippen LogP contribution in [0.5, 0.6) is 0 Å². The second-order valence-electron chi connectivity index (χ2n) is 5.16. The Balaban J connectivity index is 2.69. The Labute approximate surface area is 126 Å². The van der Waals surface area contributed by atoms with E-state index in [1.807, 2.05) is 13.8 Å². The van der Waals surface area contributed by atoms with Gasteiger partial charge in [-0.1, -0.05) is 13.8 Å². The molecule has 0 amide bonds. The zero-order valence-electron chi connectivity index (χ0n) is 12.6. The van der Waals surface area contributed by atoms with Crippen molar-refractivity contribution >= 4 is 17.4 Å². The number of hydrogen-bond donors (Lipinski definition) is 2. The molecule has 0 spiro atoms. The molecule has 0 radical (unpaired) electrons. The minimum atomic E-state index is -1.04. The molecular formula is C15H19N3O4. The van der Waals surface area contributed by atoms with Gasteiger partial charge in [0.1, 0.15) is 17.3 Å². The molecule has 0 aliphatic rings. The first-order chi connectivity index (χ1) is 10.5. The van der Waals surface area contributed by atoms with E-state index in [-0.39, 0.29) is 40.8 Å². The second kappa shape index (κ2) is 6.55. The quantitative estimate of drug-likeness (QED) is 0.832. The van der Waals surface area contributed by atoms with E-state index in [9.17, 15) is 14.7 Å². The molecule has 2 rings (SSSR count). The first-order valence-electron chi connectivity index (χ1n) is 7.30. The first kappa shape index (κ1) is 15.9. The second-order valence-corrected chi connectivity index (χ2v) is 5.16. The Morgan fingerprint density at radius 1 is 1.27 bits per heavy atom. The summed E-state index contributed by atoms with van der Waals surface area (Å²) in [7, 11) is 0. The van der Waals surface area contributed by atoms with Gasteiger partial charge in [0.15, 0.2) is 11.1 Å². The van der Waals surface area contributed by atoms with Crippen molar-refractivity contribution in [2.24, 2.45) is 0 Å². The van der Waals surface area contributed by atoms with Gasteiger partial charge in [0.25, 0.3) is 0 Å². The zero-order chi connectivity index (χ0) is 16.3. The topological polar surface area (TPSA) is 105 Å². The molecule has 7 nitrogen and oxygen atoms in total. The van der Waals surface area contributed by atoms with Gasteiger partial charge in [-0.05, 0) is 12.8 Å². The third-order valence-electron chi connectivity index (χ3n) is 3.81. The Hall–Kier alpha value is -2.44. The lowest BCUT2D eigenvalue weighted by Crippen LogP contribution is -2.31. The molecule has 0 aliphatic carbocycles. The third kappa shape index (κ3) is 2.93. The smallest absolute Gasteiger partial charge is 0.303 e. The van der Waals surface area contributed by atoms with Gasteiger partial charge < -0.3 is 10.2 Å². The number of rotatable bonds is 6. The minimum Gasteiger partial charge on any atom is -0.511 e. The molecule has 0 atom stereocenters. The van der Waals surface area contributed by atoms with Crippen molar-refractivity contribution in [3.8, 4) is 0 Å². The van der Waals surface area contributed by atoms with E-state index in [1.165, 1.54) is 12.4 Å². The Kier molecular flexibility index (Phi) is 4.75. The third-order valence-corrected chi connectivity index (χ3v) is 3.81. The number of aromatic nitrogens is 3. The van der Waals surface area contributed by atoms with Crippen LogP contribution in [-0.4, -0.2) is 30.8 Å². The fourth-order valence-corrected chi connectivity index (χ4v) is 2.60. The van der Waals surface area contributed by atoms with Gasteiger partial charge in [0.2, 0.25) is 0 Å². The lowest BCUT2D eigenvalue weighted by atomic mass is 9.98. The van der Waals surface area contributed by atoms with Crippen LogP contribution in [0.1, 0.15) is 51.1 Å². The van der Waals surface area contributed by atoms with E-state index in [0.29, 0.717) is 0 Å². The SMILES string of the molecule is CCC(CC)c1cc(=O)c(=C(O)CCC(=O)O)c2ncnn12. The molecule has 2 N–H and O–H groups in total. The highest BCUT2D eigenvalue weighted by Crippen LogP contribution is 2.21. The molecular weight excluding hydrogens is 286 g/mol. The Morgan fingerprint density at radius 3 is 2.55 bits per heavy atom. The van der Waals surface area contributed by atoms with E-state index in [4.69, 9.17) is 5.11 Å². The van der Waals surface area contributed by atoms with Crippen LogP contribution in [0, 0.1) is 0 Å². The van der Waals surface area contributed by atoms with Gasteiger partial charge in [-0.25, -0.2) is 9.50 Å². The number of carboxylic acids is 1. The highest BCUT2D eigenvalue weighted by molar-refractivity contribution is 5.68. The average molecular weight is 305 g/mol. The van der Waals surface area contributed by atoms with Crippen LogP contribution in [-0.2, 0) is 4.79 Å². The van der Waals surface area contributed by atoms with E-state index in [1.54, 1.807) is 4.52 Å². The number of pyridine rings is 1. The molecule has 2 aromatic rings. The van der Waals surface area contributed by atoms with Crippen molar-refractivity contribution in [3.05, 3.63) is 33.5 Å². The van der Waals surface area contributed by atoms with E-state index >= 15 is 0 Å². The number of carboxylic acid groups (broad SMARTS) is 1. The maximum absolute atomic E-state index is 12.4. The van der Waals surface area contributed by atoms with Crippen LogP contribution in [0.15, 0.2) is 17.2 Å². The van der Waals surface area contributed by atoms with Crippen LogP contribution in [0.2, 0.25) is 0 Å². The summed E-state index contributed by atoms with van der Waals surface area (Å²) in [6, 6.07) is 1.46. The first-order valence-corrected chi connectivity index (χ1v) is 7.30. The molecule has 0 unspecified atom stereocenters. The monoisotopic (exact) mass is 305 g/mol. The van der Waals surface area contributed by atoms with Crippen LogP contribution in [0.4, 0.5) is 0 Å². The molecule has 0 aromatic carbocycles. The minimum absolute atomic E-state index is 0.0356. The van der Waals surface area contributed by atoms with Crippen LogP contribution >= 0.6 is 0 Å². The van der Waals surface area contributed by atoms with E-state index in [0.717, 1.165) is 18.5 Å². The number of hydrogen-bond acceptors (Lipinski definition) is 5.